The molecule has 134 valence electrons. The molecule has 0 amide bonds. The van der Waals surface area contributed by atoms with Gasteiger partial charge >= 0.3 is 0 Å². The van der Waals surface area contributed by atoms with Crippen molar-refractivity contribution in [3.63, 3.8) is 0 Å². The summed E-state index contributed by atoms with van der Waals surface area (Å²) >= 11 is 0. The molecule has 0 saturated carbocycles. The van der Waals surface area contributed by atoms with Crippen LogP contribution < -0.4 is 4.90 Å². The zero-order valence-electron chi connectivity index (χ0n) is 15.3. The largest absolute Gasteiger partial charge is 0.370 e. The molecule has 3 rings (SSSR count). The van der Waals surface area contributed by atoms with E-state index in [2.05, 4.69) is 45.0 Å². The molecule has 0 radical (unpaired) electrons. The smallest absolute Gasteiger partial charge is 0.158 e. The standard InChI is InChI=1S/C20H31NO3/c1-20(2,3)17-7-4-16(5-8-17)6-9-19-23-15-18(24-19)14-21-10-12-22-13-11-21/h4-5,7-8,18-19H,6,9-15H2,1-3H3/p+1/t18-,19+/m0/s1. The molecule has 24 heavy (non-hydrogen) atoms. The predicted octanol–water partition coefficient (Wildman–Crippen LogP) is 1.57. The summed E-state index contributed by atoms with van der Waals surface area (Å²) in [6.45, 7) is 12.4. The highest BCUT2D eigenvalue weighted by Gasteiger charge is 2.29. The van der Waals surface area contributed by atoms with Crippen LogP contribution in [0.15, 0.2) is 24.3 Å². The fraction of sp³-hybridized carbons (Fsp3) is 0.700. The summed E-state index contributed by atoms with van der Waals surface area (Å²) < 4.78 is 17.3. The van der Waals surface area contributed by atoms with Crippen LogP contribution >= 0.6 is 0 Å². The number of nitrogens with one attached hydrogen (secondary N) is 1. The lowest BCUT2D eigenvalue weighted by Gasteiger charge is -2.25. The lowest BCUT2D eigenvalue weighted by Crippen LogP contribution is -3.15. The van der Waals surface area contributed by atoms with Crippen LogP contribution in [-0.4, -0.2) is 51.8 Å². The van der Waals surface area contributed by atoms with Gasteiger partial charge in [-0.1, -0.05) is 45.0 Å². The fourth-order valence-electron chi connectivity index (χ4n) is 3.41. The Hall–Kier alpha value is -0.940. The van der Waals surface area contributed by atoms with E-state index in [4.69, 9.17) is 14.2 Å². The summed E-state index contributed by atoms with van der Waals surface area (Å²) in [4.78, 5) is 1.58. The van der Waals surface area contributed by atoms with Gasteiger partial charge in [0.2, 0.25) is 0 Å². The van der Waals surface area contributed by atoms with Crippen LogP contribution in [0.4, 0.5) is 0 Å². The number of aryl methyl sites for hydroxylation is 1. The Kier molecular flexibility index (Phi) is 5.93. The molecule has 1 aromatic rings. The highest BCUT2D eigenvalue weighted by atomic mass is 16.7. The lowest BCUT2D eigenvalue weighted by atomic mass is 9.86. The monoisotopic (exact) mass is 334 g/mol. The van der Waals surface area contributed by atoms with Gasteiger partial charge in [0.1, 0.15) is 25.7 Å². The van der Waals surface area contributed by atoms with Gasteiger partial charge in [-0.15, -0.1) is 0 Å². The average molecular weight is 334 g/mol. The zero-order valence-corrected chi connectivity index (χ0v) is 15.3. The van der Waals surface area contributed by atoms with Gasteiger partial charge in [0.25, 0.3) is 0 Å². The van der Waals surface area contributed by atoms with Crippen LogP contribution in [0.1, 0.15) is 38.3 Å². The molecule has 0 aliphatic carbocycles. The van der Waals surface area contributed by atoms with Gasteiger partial charge in [0.15, 0.2) is 6.29 Å². The number of hydrogen-bond acceptors (Lipinski definition) is 3. The second-order valence-corrected chi connectivity index (χ2v) is 8.07. The fourth-order valence-corrected chi connectivity index (χ4v) is 3.41. The van der Waals surface area contributed by atoms with Gasteiger partial charge in [0.05, 0.1) is 19.8 Å². The van der Waals surface area contributed by atoms with E-state index in [1.807, 2.05) is 0 Å². The van der Waals surface area contributed by atoms with Crippen LogP contribution in [0.3, 0.4) is 0 Å². The van der Waals surface area contributed by atoms with Crippen LogP contribution in [-0.2, 0) is 26.0 Å². The number of rotatable bonds is 5. The van der Waals surface area contributed by atoms with Crippen molar-refractivity contribution in [2.75, 3.05) is 39.5 Å². The first-order valence-corrected chi connectivity index (χ1v) is 9.28. The van der Waals surface area contributed by atoms with E-state index in [-0.39, 0.29) is 17.8 Å². The first kappa shape index (κ1) is 17.9. The van der Waals surface area contributed by atoms with E-state index in [9.17, 15) is 0 Å². The molecule has 2 saturated heterocycles. The summed E-state index contributed by atoms with van der Waals surface area (Å²) in [5.74, 6) is 0. The van der Waals surface area contributed by atoms with Crippen molar-refractivity contribution in [1.82, 2.24) is 0 Å². The quantitative estimate of drug-likeness (QED) is 0.887. The van der Waals surface area contributed by atoms with Crippen molar-refractivity contribution in [3.8, 4) is 0 Å². The van der Waals surface area contributed by atoms with Crippen molar-refractivity contribution in [2.45, 2.75) is 51.4 Å². The highest BCUT2D eigenvalue weighted by molar-refractivity contribution is 5.27. The minimum absolute atomic E-state index is 0.0438. The van der Waals surface area contributed by atoms with Gasteiger partial charge in [0, 0.05) is 6.42 Å². The van der Waals surface area contributed by atoms with E-state index < -0.39 is 0 Å². The first-order valence-electron chi connectivity index (χ1n) is 9.28. The average Bonchev–Trinajstić information content (AvgIpc) is 3.01. The Labute approximate surface area is 146 Å². The molecule has 1 N–H and O–H groups in total. The molecule has 2 aliphatic rings. The third kappa shape index (κ3) is 5.03. The number of quaternary nitrogens is 1. The molecule has 0 spiro atoms. The molecule has 1 aromatic carbocycles. The summed E-state index contributed by atoms with van der Waals surface area (Å²) in [6.07, 6.45) is 2.14. The van der Waals surface area contributed by atoms with Crippen molar-refractivity contribution >= 4 is 0 Å². The van der Waals surface area contributed by atoms with Crippen LogP contribution in [0.2, 0.25) is 0 Å². The van der Waals surface area contributed by atoms with Crippen molar-refractivity contribution < 1.29 is 19.1 Å². The maximum atomic E-state index is 6.08. The molecule has 0 bridgehead atoms. The molecule has 2 heterocycles. The predicted molar refractivity (Wildman–Crippen MR) is 94.5 cm³/mol. The maximum absolute atomic E-state index is 6.08. The molecule has 2 atom stereocenters. The number of benzene rings is 1. The van der Waals surface area contributed by atoms with Crippen LogP contribution in [0.5, 0.6) is 0 Å². The normalized spacial score (nSPS) is 26.0. The Bertz CT molecular complexity index is 503. The second-order valence-electron chi connectivity index (χ2n) is 8.07. The Balaban J connectivity index is 1.41. The first-order chi connectivity index (χ1) is 11.5. The van der Waals surface area contributed by atoms with Crippen molar-refractivity contribution in [2.24, 2.45) is 0 Å². The van der Waals surface area contributed by atoms with E-state index in [0.29, 0.717) is 0 Å². The molecular formula is C20H32NO3+. The van der Waals surface area contributed by atoms with Crippen molar-refractivity contribution in [1.29, 1.82) is 0 Å². The van der Waals surface area contributed by atoms with E-state index in [1.54, 1.807) is 4.90 Å². The van der Waals surface area contributed by atoms with Gasteiger partial charge in [-0.2, -0.15) is 0 Å². The zero-order chi connectivity index (χ0) is 17.0. The van der Waals surface area contributed by atoms with Crippen LogP contribution in [0, 0.1) is 0 Å². The molecule has 2 fully saturated rings. The Morgan fingerprint density at radius 1 is 1.08 bits per heavy atom. The van der Waals surface area contributed by atoms with Gasteiger partial charge in [-0.05, 0) is 23.0 Å². The van der Waals surface area contributed by atoms with E-state index in [0.717, 1.165) is 52.3 Å². The Morgan fingerprint density at radius 3 is 2.46 bits per heavy atom. The minimum atomic E-state index is -0.0438. The molecule has 0 unspecified atom stereocenters. The van der Waals surface area contributed by atoms with Gasteiger partial charge < -0.3 is 19.1 Å². The van der Waals surface area contributed by atoms with Gasteiger partial charge in [-0.3, -0.25) is 0 Å². The van der Waals surface area contributed by atoms with E-state index in [1.165, 1.54) is 11.1 Å². The topological polar surface area (TPSA) is 32.1 Å². The SMILES string of the molecule is CC(C)(C)c1ccc(CC[C@@H]2OC[C@H](C[NH+]3CCOCC3)O2)cc1. The number of hydrogen-bond donors (Lipinski definition) is 1. The third-order valence-electron chi connectivity index (χ3n) is 5.02. The molecule has 4 nitrogen and oxygen atoms in total. The van der Waals surface area contributed by atoms with E-state index >= 15 is 0 Å². The maximum Gasteiger partial charge on any atom is 0.158 e. The highest BCUT2D eigenvalue weighted by Crippen LogP contribution is 2.23. The summed E-state index contributed by atoms with van der Waals surface area (Å²) in [5.41, 5.74) is 2.95. The summed E-state index contributed by atoms with van der Waals surface area (Å²) in [6, 6.07) is 8.97. The molecular weight excluding hydrogens is 302 g/mol. The third-order valence-corrected chi connectivity index (χ3v) is 5.02. The summed E-state index contributed by atoms with van der Waals surface area (Å²) in [5, 5.41) is 0. The molecule has 4 heteroatoms. The molecule has 0 aromatic heterocycles. The summed E-state index contributed by atoms with van der Waals surface area (Å²) in [7, 11) is 0. The Morgan fingerprint density at radius 2 is 1.79 bits per heavy atom. The second kappa shape index (κ2) is 7.96. The van der Waals surface area contributed by atoms with Crippen LogP contribution in [0.25, 0.3) is 0 Å². The minimum Gasteiger partial charge on any atom is -0.370 e. The molecule has 2 aliphatic heterocycles. The van der Waals surface area contributed by atoms with Gasteiger partial charge in [-0.25, -0.2) is 0 Å². The lowest BCUT2D eigenvalue weighted by molar-refractivity contribution is -0.910. The van der Waals surface area contributed by atoms with Crippen molar-refractivity contribution in [3.05, 3.63) is 35.4 Å². The number of ether oxygens (including phenoxy) is 3. The number of morpholine rings is 1.